The highest BCUT2D eigenvalue weighted by molar-refractivity contribution is 7.68. The molecule has 0 bridgehead atoms. The highest BCUT2D eigenvalue weighted by Gasteiger charge is 2.27. The minimum absolute atomic E-state index is 0.204. The number of nitrogens with one attached hydrogen (secondary N) is 2. The van der Waals surface area contributed by atoms with Gasteiger partial charge in [0.2, 0.25) is 0 Å². The maximum Gasteiger partial charge on any atom is 0.272 e. The third-order valence-electron chi connectivity index (χ3n) is 4.79. The second kappa shape index (κ2) is 8.47. The van der Waals surface area contributed by atoms with Crippen molar-refractivity contribution in [1.82, 2.24) is 15.5 Å². The zero-order chi connectivity index (χ0) is 19.3. The van der Waals surface area contributed by atoms with Gasteiger partial charge in [-0.05, 0) is 17.7 Å². The van der Waals surface area contributed by atoms with E-state index in [-0.39, 0.29) is 5.56 Å². The first kappa shape index (κ1) is 19.3. The van der Waals surface area contributed by atoms with Gasteiger partial charge in [0.25, 0.3) is 5.56 Å². The van der Waals surface area contributed by atoms with Gasteiger partial charge in [-0.15, -0.1) is 0 Å². The number of rotatable bonds is 6. The molecule has 0 radical (unpaired) electrons. The lowest BCUT2D eigenvalue weighted by molar-refractivity contribution is 0.567. The molecule has 1 aromatic carbocycles. The summed E-state index contributed by atoms with van der Waals surface area (Å²) in [5, 5.41) is 12.3. The summed E-state index contributed by atoms with van der Waals surface area (Å²) in [4.78, 5) is 12.0. The predicted molar refractivity (Wildman–Crippen MR) is 113 cm³/mol. The lowest BCUT2D eigenvalue weighted by Gasteiger charge is -2.25. The number of aromatic nitrogens is 2. The molecule has 5 nitrogen and oxygen atoms in total. The quantitative estimate of drug-likeness (QED) is 0.592. The highest BCUT2D eigenvalue weighted by Crippen LogP contribution is 2.54. The zero-order valence-electron chi connectivity index (χ0n) is 15.3. The van der Waals surface area contributed by atoms with E-state index in [0.717, 1.165) is 35.1 Å². The van der Waals surface area contributed by atoms with E-state index in [1.807, 2.05) is 30.4 Å². The Balaban J connectivity index is 2.00. The fourth-order valence-electron chi connectivity index (χ4n) is 3.36. The van der Waals surface area contributed by atoms with Crippen molar-refractivity contribution in [2.24, 2.45) is 0 Å². The topological polar surface area (TPSA) is 74.8 Å². The van der Waals surface area contributed by atoms with Crippen LogP contribution in [0.25, 0.3) is 10.8 Å². The molecule has 140 valence electrons. The van der Waals surface area contributed by atoms with E-state index < -0.39 is 7.14 Å². The van der Waals surface area contributed by atoms with Crippen molar-refractivity contribution < 1.29 is 4.57 Å². The van der Waals surface area contributed by atoms with Gasteiger partial charge in [0.05, 0.1) is 11.1 Å². The number of fused-ring (bicyclic) bond motifs is 1. The molecule has 0 atom stereocenters. The van der Waals surface area contributed by atoms with E-state index in [9.17, 15) is 9.36 Å². The molecule has 1 aliphatic rings. The summed E-state index contributed by atoms with van der Waals surface area (Å²) in [5.74, 6) is 0. The molecule has 3 rings (SSSR count). The van der Waals surface area contributed by atoms with Gasteiger partial charge >= 0.3 is 0 Å². The Morgan fingerprint density at radius 1 is 1.19 bits per heavy atom. The normalized spacial score (nSPS) is 17.6. The summed E-state index contributed by atoms with van der Waals surface area (Å²) in [7, 11) is -2.43. The van der Waals surface area contributed by atoms with Crippen molar-refractivity contribution in [3.63, 3.8) is 0 Å². The first-order chi connectivity index (χ1) is 13.1. The molecule has 0 aliphatic carbocycles. The van der Waals surface area contributed by atoms with Crippen LogP contribution in [-0.2, 0) is 11.0 Å². The highest BCUT2D eigenvalue weighted by atomic mass is 31.2. The molecule has 27 heavy (non-hydrogen) atoms. The van der Waals surface area contributed by atoms with Gasteiger partial charge in [-0.2, -0.15) is 5.10 Å². The van der Waals surface area contributed by atoms with Crippen LogP contribution in [0.5, 0.6) is 0 Å². The standard InChI is InChI=1S/C21H24N3O2P/c1-3-7-16(14-17(4-2)27(26)12-10-22-11-13-27)15-20-18-8-5-6-9-19(18)21(25)24-23-20/h3-9,14,22H,1-2,10-13,15H2,(H,24,25)/b16-7+,17-14+. The fourth-order valence-corrected chi connectivity index (χ4v) is 5.87. The Morgan fingerprint density at radius 3 is 2.56 bits per heavy atom. The van der Waals surface area contributed by atoms with E-state index in [1.54, 1.807) is 18.2 Å². The molecule has 1 aliphatic heterocycles. The first-order valence-electron chi connectivity index (χ1n) is 8.99. The van der Waals surface area contributed by atoms with Crippen LogP contribution in [0.4, 0.5) is 0 Å². The van der Waals surface area contributed by atoms with Crippen molar-refractivity contribution in [3.05, 3.63) is 88.7 Å². The maximum absolute atomic E-state index is 13.3. The Labute approximate surface area is 159 Å². The molecular weight excluding hydrogens is 357 g/mol. The number of aromatic amines is 1. The zero-order valence-corrected chi connectivity index (χ0v) is 16.2. The number of H-pyrrole nitrogens is 1. The molecule has 1 fully saturated rings. The first-order valence-corrected chi connectivity index (χ1v) is 11.1. The monoisotopic (exact) mass is 381 g/mol. The lowest BCUT2D eigenvalue weighted by atomic mass is 10.0. The average Bonchev–Trinajstić information content (AvgIpc) is 2.69. The smallest absolute Gasteiger partial charge is 0.272 e. The summed E-state index contributed by atoms with van der Waals surface area (Å²) in [6.07, 6.45) is 9.04. The Hall–Kier alpha value is -2.49. The van der Waals surface area contributed by atoms with Gasteiger partial charge in [-0.1, -0.05) is 49.6 Å². The van der Waals surface area contributed by atoms with E-state index in [0.29, 0.717) is 24.1 Å². The van der Waals surface area contributed by atoms with Crippen molar-refractivity contribution in [1.29, 1.82) is 0 Å². The van der Waals surface area contributed by atoms with Gasteiger partial charge in [-0.3, -0.25) is 4.79 Å². The summed E-state index contributed by atoms with van der Waals surface area (Å²) < 4.78 is 13.3. The SMILES string of the molecule is C=C/C=C(\C=C(/C=C)P1(=O)CCNCC1)Cc1n[nH]c(=O)c2ccccc12. The Morgan fingerprint density at radius 2 is 1.89 bits per heavy atom. The molecular formula is C21H24N3O2P. The molecule has 2 heterocycles. The Bertz CT molecular complexity index is 1020. The lowest BCUT2D eigenvalue weighted by Crippen LogP contribution is -2.29. The van der Waals surface area contributed by atoms with Gasteiger partial charge in [0, 0.05) is 42.5 Å². The maximum atomic E-state index is 13.3. The van der Waals surface area contributed by atoms with Gasteiger partial charge < -0.3 is 9.88 Å². The third-order valence-corrected chi connectivity index (χ3v) is 7.94. The molecule has 1 aromatic heterocycles. The molecule has 0 amide bonds. The Kier molecular flexibility index (Phi) is 6.04. The average molecular weight is 381 g/mol. The second-order valence-corrected chi connectivity index (χ2v) is 9.75. The molecule has 0 unspecified atom stereocenters. The molecule has 1 saturated heterocycles. The van der Waals surface area contributed by atoms with E-state index in [4.69, 9.17) is 0 Å². The van der Waals surface area contributed by atoms with Crippen LogP contribution in [0.3, 0.4) is 0 Å². The number of benzene rings is 1. The summed E-state index contributed by atoms with van der Waals surface area (Å²) in [5.41, 5.74) is 1.49. The third kappa shape index (κ3) is 4.26. The summed E-state index contributed by atoms with van der Waals surface area (Å²) in [6.45, 7) is 9.20. The number of allylic oxidation sites excluding steroid dienone is 6. The van der Waals surface area contributed by atoms with Crippen LogP contribution in [-0.4, -0.2) is 35.6 Å². The fraction of sp³-hybridized carbons (Fsp3) is 0.238. The van der Waals surface area contributed by atoms with Gasteiger partial charge in [-0.25, -0.2) is 5.10 Å². The minimum Gasteiger partial charge on any atom is -0.319 e. The molecule has 2 aromatic rings. The van der Waals surface area contributed by atoms with Crippen LogP contribution < -0.4 is 10.9 Å². The summed E-state index contributed by atoms with van der Waals surface area (Å²) in [6, 6.07) is 7.41. The van der Waals surface area contributed by atoms with Crippen LogP contribution in [0.1, 0.15) is 5.69 Å². The van der Waals surface area contributed by atoms with Crippen molar-refractivity contribution in [2.45, 2.75) is 6.42 Å². The largest absolute Gasteiger partial charge is 0.319 e. The van der Waals surface area contributed by atoms with E-state index in [2.05, 4.69) is 28.7 Å². The molecule has 0 spiro atoms. The van der Waals surface area contributed by atoms with Crippen LogP contribution >= 0.6 is 7.14 Å². The molecule has 0 saturated carbocycles. The van der Waals surface area contributed by atoms with Crippen LogP contribution in [0.2, 0.25) is 0 Å². The van der Waals surface area contributed by atoms with Crippen molar-refractivity contribution in [3.8, 4) is 0 Å². The van der Waals surface area contributed by atoms with Gasteiger partial charge in [0.1, 0.15) is 7.14 Å². The molecule has 6 heteroatoms. The number of hydrogen-bond acceptors (Lipinski definition) is 4. The van der Waals surface area contributed by atoms with Crippen LogP contribution in [0.15, 0.2) is 77.4 Å². The number of hydrogen-bond donors (Lipinski definition) is 2. The van der Waals surface area contributed by atoms with E-state index in [1.165, 1.54) is 0 Å². The van der Waals surface area contributed by atoms with Crippen molar-refractivity contribution in [2.75, 3.05) is 25.4 Å². The van der Waals surface area contributed by atoms with E-state index >= 15 is 0 Å². The van der Waals surface area contributed by atoms with Crippen molar-refractivity contribution >= 4 is 17.9 Å². The molecule has 2 N–H and O–H groups in total. The van der Waals surface area contributed by atoms with Gasteiger partial charge in [0.15, 0.2) is 0 Å². The summed E-state index contributed by atoms with van der Waals surface area (Å²) >= 11 is 0. The minimum atomic E-state index is -2.43. The number of nitrogens with zero attached hydrogens (tertiary/aromatic N) is 1. The second-order valence-electron chi connectivity index (χ2n) is 6.56. The van der Waals surface area contributed by atoms with Crippen LogP contribution in [0, 0.1) is 0 Å². The predicted octanol–water partition coefficient (Wildman–Crippen LogP) is 3.61.